The maximum atomic E-state index is 12.2. The maximum absolute atomic E-state index is 12.2. The molecular weight excluding hydrogens is 344 g/mol. The van der Waals surface area contributed by atoms with Crippen LogP contribution in [0.2, 0.25) is 0 Å². The van der Waals surface area contributed by atoms with E-state index in [0.29, 0.717) is 5.82 Å². The van der Waals surface area contributed by atoms with E-state index in [1.807, 2.05) is 52.1 Å². The van der Waals surface area contributed by atoms with Crippen LogP contribution < -0.4 is 10.2 Å². The van der Waals surface area contributed by atoms with Crippen molar-refractivity contribution in [2.45, 2.75) is 20.8 Å². The van der Waals surface area contributed by atoms with Crippen molar-refractivity contribution in [3.63, 3.8) is 0 Å². The zero-order valence-corrected chi connectivity index (χ0v) is 14.7. The fourth-order valence-electron chi connectivity index (χ4n) is 1.97. The predicted molar refractivity (Wildman–Crippen MR) is 92.3 cm³/mol. The molecule has 1 N–H and O–H groups in total. The van der Waals surface area contributed by atoms with E-state index in [2.05, 4.69) is 31.4 Å². The van der Waals surface area contributed by atoms with Gasteiger partial charge in [0.25, 0.3) is 0 Å². The summed E-state index contributed by atoms with van der Waals surface area (Å²) in [4.78, 5) is 14.0. The summed E-state index contributed by atoms with van der Waals surface area (Å²) in [6, 6.07) is 7.68. The van der Waals surface area contributed by atoms with E-state index in [9.17, 15) is 4.79 Å². The van der Waals surface area contributed by atoms with Gasteiger partial charge < -0.3 is 10.2 Å². The molecule has 0 saturated carbocycles. The predicted octanol–water partition coefficient (Wildman–Crippen LogP) is 3.24. The molecule has 5 nitrogen and oxygen atoms in total. The number of halogens is 1. The average molecular weight is 363 g/mol. The van der Waals surface area contributed by atoms with Gasteiger partial charge in [0.15, 0.2) is 5.82 Å². The van der Waals surface area contributed by atoms with E-state index in [0.717, 1.165) is 27.0 Å². The van der Waals surface area contributed by atoms with Crippen LogP contribution in [0.3, 0.4) is 0 Å². The van der Waals surface area contributed by atoms with E-state index >= 15 is 0 Å². The first kappa shape index (κ1) is 16.4. The van der Waals surface area contributed by atoms with Gasteiger partial charge in [0.2, 0.25) is 5.91 Å². The van der Waals surface area contributed by atoms with Crippen molar-refractivity contribution in [1.29, 1.82) is 0 Å². The summed E-state index contributed by atoms with van der Waals surface area (Å²) in [6.07, 6.45) is 0. The lowest BCUT2D eigenvalue weighted by Crippen LogP contribution is -2.31. The fourth-order valence-corrected chi connectivity index (χ4v) is 2.45. The second-order valence-electron chi connectivity index (χ2n) is 5.33. The number of nitrogens with one attached hydrogen (secondary N) is 1. The van der Waals surface area contributed by atoms with Crippen LogP contribution in [0, 0.1) is 20.8 Å². The summed E-state index contributed by atoms with van der Waals surface area (Å²) >= 11 is 3.41. The highest BCUT2D eigenvalue weighted by Gasteiger charge is 2.11. The third-order valence-corrected chi connectivity index (χ3v) is 3.95. The molecule has 1 heterocycles. The average Bonchev–Trinajstić information content (AvgIpc) is 2.45. The number of benzene rings is 1. The largest absolute Gasteiger partial charge is 0.349 e. The molecule has 0 bridgehead atoms. The van der Waals surface area contributed by atoms with Crippen LogP contribution in [0.1, 0.15) is 16.8 Å². The number of amides is 1. The normalized spacial score (nSPS) is 10.4. The Labute approximate surface area is 138 Å². The molecule has 0 radical (unpaired) electrons. The van der Waals surface area contributed by atoms with Gasteiger partial charge >= 0.3 is 0 Å². The van der Waals surface area contributed by atoms with E-state index in [1.165, 1.54) is 0 Å². The number of likely N-dealkylation sites (N-methyl/N-ethyl adjacent to an activating group) is 1. The van der Waals surface area contributed by atoms with Crippen LogP contribution in [0.5, 0.6) is 0 Å². The molecule has 0 spiro atoms. The Morgan fingerprint density at radius 3 is 2.55 bits per heavy atom. The lowest BCUT2D eigenvalue weighted by Gasteiger charge is -2.18. The number of aryl methyl sites for hydroxylation is 3. The quantitative estimate of drug-likeness (QED) is 0.906. The first-order chi connectivity index (χ1) is 10.4. The molecule has 116 valence electrons. The minimum atomic E-state index is -0.0899. The highest BCUT2D eigenvalue weighted by Crippen LogP contribution is 2.20. The first-order valence-corrected chi connectivity index (χ1v) is 7.74. The van der Waals surface area contributed by atoms with Gasteiger partial charge in [-0.25, -0.2) is 0 Å². The van der Waals surface area contributed by atoms with Crippen LogP contribution in [0.15, 0.2) is 28.7 Å². The minimum Gasteiger partial charge on any atom is -0.349 e. The third kappa shape index (κ3) is 4.04. The lowest BCUT2D eigenvalue weighted by atomic mass is 10.2. The monoisotopic (exact) mass is 362 g/mol. The number of rotatable bonds is 4. The Morgan fingerprint density at radius 2 is 1.91 bits per heavy atom. The maximum Gasteiger partial charge on any atom is 0.243 e. The lowest BCUT2D eigenvalue weighted by molar-refractivity contribution is -0.114. The second kappa shape index (κ2) is 6.87. The molecule has 0 unspecified atom stereocenters. The van der Waals surface area contributed by atoms with Gasteiger partial charge in [-0.1, -0.05) is 15.9 Å². The molecule has 1 aromatic heterocycles. The number of carbonyl (C=O) groups excluding carboxylic acids is 1. The van der Waals surface area contributed by atoms with E-state index in [4.69, 9.17) is 0 Å². The Balaban J connectivity index is 2.03. The summed E-state index contributed by atoms with van der Waals surface area (Å²) in [5.74, 6) is 0.596. The van der Waals surface area contributed by atoms with Gasteiger partial charge in [0, 0.05) is 17.2 Å². The van der Waals surface area contributed by atoms with Crippen molar-refractivity contribution < 1.29 is 4.79 Å². The summed E-state index contributed by atoms with van der Waals surface area (Å²) in [5.41, 5.74) is 3.78. The molecule has 22 heavy (non-hydrogen) atoms. The smallest absolute Gasteiger partial charge is 0.243 e. The Kier molecular flexibility index (Phi) is 5.13. The highest BCUT2D eigenvalue weighted by molar-refractivity contribution is 9.10. The molecule has 6 heteroatoms. The molecule has 0 saturated heterocycles. The van der Waals surface area contributed by atoms with Gasteiger partial charge in [-0.2, -0.15) is 5.10 Å². The SMILES string of the molecule is Cc1cc(Br)ccc1NC(=O)CN(C)c1cc(C)c(C)nn1. The first-order valence-electron chi connectivity index (χ1n) is 6.95. The van der Waals surface area contributed by atoms with Crippen LogP contribution in [-0.2, 0) is 4.79 Å². The number of hydrogen-bond acceptors (Lipinski definition) is 4. The van der Waals surface area contributed by atoms with Gasteiger partial charge in [0.05, 0.1) is 12.2 Å². The third-order valence-electron chi connectivity index (χ3n) is 3.45. The van der Waals surface area contributed by atoms with E-state index in [1.54, 1.807) is 4.90 Å². The number of anilines is 2. The van der Waals surface area contributed by atoms with Crippen LogP contribution in [0.4, 0.5) is 11.5 Å². The summed E-state index contributed by atoms with van der Waals surface area (Å²) in [6.45, 7) is 6.06. The van der Waals surface area contributed by atoms with Gasteiger partial charge in [-0.3, -0.25) is 4.79 Å². The minimum absolute atomic E-state index is 0.0899. The molecule has 0 atom stereocenters. The summed E-state index contributed by atoms with van der Waals surface area (Å²) < 4.78 is 0.991. The van der Waals surface area contributed by atoms with Gasteiger partial charge in [0.1, 0.15) is 0 Å². The highest BCUT2D eigenvalue weighted by atomic mass is 79.9. The fraction of sp³-hybridized carbons (Fsp3) is 0.312. The number of carbonyl (C=O) groups is 1. The Morgan fingerprint density at radius 1 is 1.18 bits per heavy atom. The van der Waals surface area contributed by atoms with Gasteiger partial charge in [-0.05, 0) is 56.2 Å². The van der Waals surface area contributed by atoms with Crippen molar-refractivity contribution in [2.24, 2.45) is 0 Å². The molecule has 1 aromatic carbocycles. The molecular formula is C16H19BrN4O. The topological polar surface area (TPSA) is 58.1 Å². The Hall–Kier alpha value is -1.95. The van der Waals surface area contributed by atoms with Crippen molar-refractivity contribution in [3.05, 3.63) is 45.6 Å². The molecule has 1 amide bonds. The van der Waals surface area contributed by atoms with E-state index < -0.39 is 0 Å². The molecule has 2 rings (SSSR count). The van der Waals surface area contributed by atoms with Crippen LogP contribution in [-0.4, -0.2) is 29.7 Å². The summed E-state index contributed by atoms with van der Waals surface area (Å²) in [5, 5.41) is 11.1. The van der Waals surface area contributed by atoms with E-state index in [-0.39, 0.29) is 12.5 Å². The summed E-state index contributed by atoms with van der Waals surface area (Å²) in [7, 11) is 1.83. The molecule has 0 aliphatic rings. The standard InChI is InChI=1S/C16H19BrN4O/c1-10-8-15(20-19-12(10)3)21(4)9-16(22)18-14-6-5-13(17)7-11(14)2/h5-8H,9H2,1-4H3,(H,18,22). The van der Waals surface area contributed by atoms with Crippen molar-refractivity contribution in [2.75, 3.05) is 23.8 Å². The molecule has 2 aromatic rings. The van der Waals surface area contributed by atoms with Crippen molar-refractivity contribution in [1.82, 2.24) is 10.2 Å². The number of aromatic nitrogens is 2. The van der Waals surface area contributed by atoms with Crippen LogP contribution >= 0.6 is 15.9 Å². The second-order valence-corrected chi connectivity index (χ2v) is 6.25. The zero-order chi connectivity index (χ0) is 16.3. The van der Waals surface area contributed by atoms with Crippen LogP contribution in [0.25, 0.3) is 0 Å². The van der Waals surface area contributed by atoms with Crippen molar-refractivity contribution in [3.8, 4) is 0 Å². The Bertz CT molecular complexity index is 703. The number of nitrogens with zero attached hydrogens (tertiary/aromatic N) is 3. The zero-order valence-electron chi connectivity index (χ0n) is 13.1. The van der Waals surface area contributed by atoms with Crippen molar-refractivity contribution >= 4 is 33.3 Å². The molecule has 0 aliphatic heterocycles. The van der Waals surface area contributed by atoms with Gasteiger partial charge in [-0.15, -0.1) is 5.10 Å². The molecule has 0 aliphatic carbocycles. The number of hydrogen-bond donors (Lipinski definition) is 1. The molecule has 0 fully saturated rings.